The van der Waals surface area contributed by atoms with Crippen molar-refractivity contribution in [3.63, 3.8) is 0 Å². The van der Waals surface area contributed by atoms with E-state index in [1.54, 1.807) is 31.2 Å². The second kappa shape index (κ2) is 37.6. The number of methoxy groups -OCH3 is 1. The SMILES string of the molecule is C=CCN(CC(=O)N(CCCCN)CC(=O)N(CC(=O)N(CCOC)CC(=O)NC(CCCCN)C(=O)NC(CCSC)C(N)=O)C(C)c1ccccc1)C(=O)CN(CC(C)C)C(=O)CNCCCCN. The molecule has 0 spiro atoms. The topological polar surface area (TPSA) is 302 Å². The third-order valence-corrected chi connectivity index (χ3v) is 12.1. The first-order chi connectivity index (χ1) is 34.0. The quantitative estimate of drug-likeness (QED) is 0.0331. The van der Waals surface area contributed by atoms with Crippen LogP contribution in [-0.4, -0.2) is 201 Å². The van der Waals surface area contributed by atoms with E-state index in [2.05, 4.69) is 22.5 Å². The van der Waals surface area contributed by atoms with Gasteiger partial charge in [0, 0.05) is 33.3 Å². The number of primary amides is 1. The fourth-order valence-corrected chi connectivity index (χ4v) is 7.86. The van der Waals surface area contributed by atoms with E-state index in [1.807, 2.05) is 26.2 Å². The van der Waals surface area contributed by atoms with Gasteiger partial charge in [-0.15, -0.1) is 6.58 Å². The minimum absolute atomic E-state index is 0.00201. The van der Waals surface area contributed by atoms with E-state index in [1.165, 1.54) is 49.4 Å². The van der Waals surface area contributed by atoms with Crippen LogP contribution in [0.1, 0.15) is 83.7 Å². The Balaban J connectivity index is 3.50. The van der Waals surface area contributed by atoms with Gasteiger partial charge in [-0.05, 0) is 108 Å². The van der Waals surface area contributed by atoms with Crippen LogP contribution in [0.5, 0.6) is 0 Å². The molecule has 0 fully saturated rings. The number of rotatable bonds is 40. The van der Waals surface area contributed by atoms with Crippen LogP contribution in [0.4, 0.5) is 0 Å². The van der Waals surface area contributed by atoms with Crippen molar-refractivity contribution in [3.05, 3.63) is 48.6 Å². The fraction of sp³-hybridized carbons (Fsp3) is 0.673. The van der Waals surface area contributed by atoms with Gasteiger partial charge in [-0.3, -0.25) is 38.4 Å². The summed E-state index contributed by atoms with van der Waals surface area (Å²) in [5, 5.41) is 8.49. The number of hydrogen-bond acceptors (Lipinski definition) is 14. The molecule has 21 nitrogen and oxygen atoms in total. The first-order valence-corrected chi connectivity index (χ1v) is 26.1. The molecule has 0 saturated carbocycles. The normalized spacial score (nSPS) is 12.3. The van der Waals surface area contributed by atoms with Gasteiger partial charge >= 0.3 is 0 Å². The minimum atomic E-state index is -1.07. The zero-order valence-electron chi connectivity index (χ0n) is 43.1. The number of carbonyl (C=O) groups excluding carboxylic acids is 8. The number of carbonyl (C=O) groups is 8. The first-order valence-electron chi connectivity index (χ1n) is 24.7. The summed E-state index contributed by atoms with van der Waals surface area (Å²) in [7, 11) is 1.44. The summed E-state index contributed by atoms with van der Waals surface area (Å²) < 4.78 is 5.28. The molecular formula is C49H86N12O9S. The highest BCUT2D eigenvalue weighted by Crippen LogP contribution is 2.21. The molecule has 1 aromatic rings. The maximum absolute atomic E-state index is 14.7. The summed E-state index contributed by atoms with van der Waals surface area (Å²) in [5.74, 6) is -3.83. The lowest BCUT2D eigenvalue weighted by Gasteiger charge is -2.34. The summed E-state index contributed by atoms with van der Waals surface area (Å²) in [6, 6.07) is 6.30. The summed E-state index contributed by atoms with van der Waals surface area (Å²) in [6.45, 7) is 9.55. The Morgan fingerprint density at radius 3 is 1.89 bits per heavy atom. The Morgan fingerprint density at radius 1 is 0.690 bits per heavy atom. The zero-order valence-corrected chi connectivity index (χ0v) is 43.9. The van der Waals surface area contributed by atoms with E-state index in [0.717, 1.165) is 12.8 Å². The van der Waals surface area contributed by atoms with Crippen LogP contribution in [0.15, 0.2) is 43.0 Å². The average molecular weight is 1020 g/mol. The molecule has 402 valence electrons. The zero-order chi connectivity index (χ0) is 53.1. The lowest BCUT2D eigenvalue weighted by atomic mass is 10.1. The molecule has 1 rings (SSSR count). The molecule has 0 aliphatic rings. The third-order valence-electron chi connectivity index (χ3n) is 11.4. The second-order valence-corrected chi connectivity index (χ2v) is 18.8. The molecule has 0 aliphatic carbocycles. The number of unbranched alkanes of at least 4 members (excludes halogenated alkanes) is 3. The Hall–Kier alpha value is -5.13. The predicted molar refractivity (Wildman–Crippen MR) is 278 cm³/mol. The molecule has 22 heteroatoms. The number of thioether (sulfide) groups is 1. The summed E-state index contributed by atoms with van der Waals surface area (Å²) in [5.41, 5.74) is 23.4. The van der Waals surface area contributed by atoms with E-state index >= 15 is 0 Å². The second-order valence-electron chi connectivity index (χ2n) is 17.8. The highest BCUT2D eigenvalue weighted by molar-refractivity contribution is 7.98. The van der Waals surface area contributed by atoms with Crippen molar-refractivity contribution in [2.45, 2.75) is 90.3 Å². The van der Waals surface area contributed by atoms with E-state index in [0.29, 0.717) is 76.1 Å². The van der Waals surface area contributed by atoms with Crippen LogP contribution in [0.3, 0.4) is 0 Å². The van der Waals surface area contributed by atoms with Gasteiger partial charge in [-0.1, -0.05) is 50.3 Å². The number of nitrogens with zero attached hydrogens (tertiary/aromatic N) is 5. The molecule has 1 aromatic carbocycles. The maximum Gasteiger partial charge on any atom is 0.243 e. The Bertz CT molecular complexity index is 1780. The van der Waals surface area contributed by atoms with E-state index in [9.17, 15) is 38.4 Å². The van der Waals surface area contributed by atoms with Gasteiger partial charge in [0.05, 0.1) is 38.8 Å². The third kappa shape index (κ3) is 26.2. The van der Waals surface area contributed by atoms with Gasteiger partial charge < -0.3 is 68.1 Å². The number of amides is 8. The van der Waals surface area contributed by atoms with Crippen molar-refractivity contribution in [1.82, 2.24) is 40.4 Å². The molecular weight excluding hydrogens is 933 g/mol. The maximum atomic E-state index is 14.7. The number of nitrogens with one attached hydrogen (secondary N) is 3. The molecule has 0 aromatic heterocycles. The summed E-state index contributed by atoms with van der Waals surface area (Å²) in [6.07, 6.45) is 7.50. The minimum Gasteiger partial charge on any atom is -0.383 e. The van der Waals surface area contributed by atoms with Crippen LogP contribution in [-0.2, 0) is 43.1 Å². The highest BCUT2D eigenvalue weighted by atomic mass is 32.2. The lowest BCUT2D eigenvalue weighted by Crippen LogP contribution is -2.55. The van der Waals surface area contributed by atoms with Gasteiger partial charge in [-0.2, -0.15) is 11.8 Å². The van der Waals surface area contributed by atoms with Crippen molar-refractivity contribution in [2.75, 3.05) is 117 Å². The highest BCUT2D eigenvalue weighted by Gasteiger charge is 2.32. The van der Waals surface area contributed by atoms with E-state index < -0.39 is 85.7 Å². The molecule has 11 N–H and O–H groups in total. The number of hydrogen-bond donors (Lipinski definition) is 7. The Kier molecular flexibility index (Phi) is 33.9. The van der Waals surface area contributed by atoms with Crippen molar-refractivity contribution in [1.29, 1.82) is 0 Å². The predicted octanol–water partition coefficient (Wildman–Crippen LogP) is -0.217. The summed E-state index contributed by atoms with van der Waals surface area (Å²) >= 11 is 1.48. The van der Waals surface area contributed by atoms with Gasteiger partial charge in [0.25, 0.3) is 0 Å². The fourth-order valence-electron chi connectivity index (χ4n) is 7.39. The first kappa shape index (κ1) is 63.9. The molecule has 71 heavy (non-hydrogen) atoms. The largest absolute Gasteiger partial charge is 0.383 e. The molecule has 0 bridgehead atoms. The number of ether oxygens (including phenoxy) is 1. The van der Waals surface area contributed by atoms with Crippen LogP contribution in [0, 0.1) is 5.92 Å². The van der Waals surface area contributed by atoms with Crippen molar-refractivity contribution < 1.29 is 43.1 Å². The Morgan fingerprint density at radius 2 is 1.28 bits per heavy atom. The molecule has 0 aliphatic heterocycles. The van der Waals surface area contributed by atoms with E-state index in [-0.39, 0.29) is 57.6 Å². The van der Waals surface area contributed by atoms with Crippen molar-refractivity contribution >= 4 is 59.0 Å². The van der Waals surface area contributed by atoms with Gasteiger partial charge in [0.1, 0.15) is 25.2 Å². The Labute approximate surface area is 426 Å². The van der Waals surface area contributed by atoms with Crippen molar-refractivity contribution in [2.24, 2.45) is 28.9 Å². The van der Waals surface area contributed by atoms with E-state index in [4.69, 9.17) is 27.7 Å². The van der Waals surface area contributed by atoms with Crippen molar-refractivity contribution in [3.8, 4) is 0 Å². The standard InChI is InChI=1S/C49H86N12O9S/c1-7-25-57(45(65)34-60(31-37(2)3)43(63)30-54-24-15-13-22-51)33-44(64)58(26-16-14-23-52)35-47(67)61(38(4)39-17-9-8-10-18-39)36-46(66)59(27-28-70-5)32-42(62)55-41(19-11-12-21-50)49(69)56-40(48(53)68)20-29-71-6/h7-10,17-18,37-38,40-41,54H,1,11-16,19-36,50-52H2,2-6H3,(H2,53,68)(H,55,62)(H,56,69). The smallest absolute Gasteiger partial charge is 0.243 e. The van der Waals surface area contributed by atoms with Crippen LogP contribution in [0.25, 0.3) is 0 Å². The van der Waals surface area contributed by atoms with Crippen LogP contribution < -0.4 is 38.9 Å². The lowest BCUT2D eigenvalue weighted by molar-refractivity contribution is -0.148. The molecule has 3 atom stereocenters. The number of benzene rings is 1. The number of nitrogens with two attached hydrogens (primary N) is 4. The van der Waals surface area contributed by atoms with Crippen LogP contribution in [0.2, 0.25) is 0 Å². The molecule has 3 unspecified atom stereocenters. The van der Waals surface area contributed by atoms with Gasteiger partial charge in [0.2, 0.25) is 47.3 Å². The van der Waals surface area contributed by atoms with Crippen LogP contribution >= 0.6 is 11.8 Å². The molecule has 8 amide bonds. The average Bonchev–Trinajstić information content (AvgIpc) is 3.34. The van der Waals surface area contributed by atoms with Gasteiger partial charge in [0.15, 0.2) is 0 Å². The molecule has 0 saturated heterocycles. The monoisotopic (exact) mass is 1020 g/mol. The molecule has 0 heterocycles. The summed E-state index contributed by atoms with van der Waals surface area (Å²) in [4.78, 5) is 117. The van der Waals surface area contributed by atoms with Gasteiger partial charge in [-0.25, -0.2) is 0 Å². The molecule has 0 radical (unpaired) electrons.